The van der Waals surface area contributed by atoms with Crippen molar-refractivity contribution in [1.82, 2.24) is 15.1 Å². The second kappa shape index (κ2) is 9.65. The molecule has 4 atom stereocenters. The number of primary amides is 1. The van der Waals surface area contributed by atoms with Gasteiger partial charge in [0.25, 0.3) is 0 Å². The molecule has 7 N–H and O–H groups in total. The maximum atomic E-state index is 12.9. The Kier molecular flexibility index (Phi) is 7.51. The van der Waals surface area contributed by atoms with Gasteiger partial charge in [-0.2, -0.15) is 0 Å². The molecule has 0 aromatic carbocycles. The van der Waals surface area contributed by atoms with E-state index in [0.717, 1.165) is 0 Å². The van der Waals surface area contributed by atoms with E-state index in [4.69, 9.17) is 11.5 Å². The number of nitrogens with zero attached hydrogens (tertiary/aromatic N) is 2. The highest BCUT2D eigenvalue weighted by molar-refractivity contribution is 5.95. The van der Waals surface area contributed by atoms with Crippen LogP contribution in [0.2, 0.25) is 0 Å². The van der Waals surface area contributed by atoms with Crippen molar-refractivity contribution in [1.29, 1.82) is 0 Å². The van der Waals surface area contributed by atoms with E-state index in [1.807, 2.05) is 0 Å². The Morgan fingerprint density at radius 2 is 1.62 bits per heavy atom. The molecule has 2 aliphatic rings. The number of amides is 4. The number of carbonyl (C=O) groups is 5. The number of likely N-dealkylation sites (tertiary alicyclic amines) is 2. The van der Waals surface area contributed by atoms with Crippen molar-refractivity contribution < 1.29 is 34.2 Å². The Morgan fingerprint density at radius 3 is 2.17 bits per heavy atom. The predicted molar refractivity (Wildman–Crippen MR) is 97.9 cm³/mol. The molecule has 0 aromatic heterocycles. The molecule has 0 radical (unpaired) electrons. The van der Waals surface area contributed by atoms with Crippen LogP contribution in [0.4, 0.5) is 0 Å². The second-order valence-corrected chi connectivity index (χ2v) is 7.24. The second-order valence-electron chi connectivity index (χ2n) is 7.24. The summed E-state index contributed by atoms with van der Waals surface area (Å²) in [5.41, 5.74) is 10.5. The fraction of sp³-hybridized carbons (Fsp3) is 0.706. The minimum absolute atomic E-state index is 0.237. The third-order valence-electron chi connectivity index (χ3n) is 5.20. The smallest absolute Gasteiger partial charge is 0.326 e. The van der Waals surface area contributed by atoms with Crippen molar-refractivity contribution in [3.05, 3.63) is 0 Å². The summed E-state index contributed by atoms with van der Waals surface area (Å²) in [5.74, 6) is -3.83. The topological polar surface area (TPSA) is 196 Å². The fourth-order valence-electron chi connectivity index (χ4n) is 3.74. The van der Waals surface area contributed by atoms with Crippen molar-refractivity contribution in [2.24, 2.45) is 11.5 Å². The van der Waals surface area contributed by atoms with Crippen LogP contribution < -0.4 is 16.8 Å². The molecule has 2 saturated heterocycles. The van der Waals surface area contributed by atoms with Crippen molar-refractivity contribution in [3.63, 3.8) is 0 Å². The Morgan fingerprint density at radius 1 is 1.03 bits per heavy atom. The normalized spacial score (nSPS) is 23.5. The average Bonchev–Trinajstić information content (AvgIpc) is 3.33. The predicted octanol–water partition coefficient (Wildman–Crippen LogP) is -3.27. The largest absolute Gasteiger partial charge is 0.480 e. The Balaban J connectivity index is 2.07. The van der Waals surface area contributed by atoms with Gasteiger partial charge in [0.15, 0.2) is 0 Å². The lowest BCUT2D eigenvalue weighted by Crippen LogP contribution is -2.58. The van der Waals surface area contributed by atoms with Crippen molar-refractivity contribution >= 4 is 29.6 Å². The average molecular weight is 413 g/mol. The number of hydrogen-bond acceptors (Lipinski definition) is 7. The van der Waals surface area contributed by atoms with Gasteiger partial charge in [-0.25, -0.2) is 4.79 Å². The zero-order chi connectivity index (χ0) is 21.7. The van der Waals surface area contributed by atoms with E-state index in [2.05, 4.69) is 5.32 Å². The summed E-state index contributed by atoms with van der Waals surface area (Å²) < 4.78 is 0. The quantitative estimate of drug-likeness (QED) is 0.273. The van der Waals surface area contributed by atoms with E-state index in [-0.39, 0.29) is 6.54 Å². The van der Waals surface area contributed by atoms with Crippen LogP contribution in [0.15, 0.2) is 0 Å². The van der Waals surface area contributed by atoms with Crippen LogP contribution in [-0.4, -0.2) is 93.5 Å². The van der Waals surface area contributed by atoms with E-state index in [1.54, 1.807) is 0 Å². The highest BCUT2D eigenvalue weighted by Crippen LogP contribution is 2.25. The first-order valence-corrected chi connectivity index (χ1v) is 9.46. The molecule has 4 unspecified atom stereocenters. The van der Waals surface area contributed by atoms with Gasteiger partial charge in [-0.3, -0.25) is 19.2 Å². The molecule has 0 bridgehead atoms. The number of carbonyl (C=O) groups excluding carboxylic acids is 4. The number of rotatable bonds is 8. The number of aliphatic hydroxyl groups is 1. The number of nitrogens with one attached hydrogen (secondary N) is 1. The minimum Gasteiger partial charge on any atom is -0.480 e. The summed E-state index contributed by atoms with van der Waals surface area (Å²) in [6.07, 6.45) is 1.39. The van der Waals surface area contributed by atoms with E-state index >= 15 is 0 Å². The molecule has 4 amide bonds. The van der Waals surface area contributed by atoms with Gasteiger partial charge in [-0.15, -0.1) is 0 Å². The molecule has 12 heteroatoms. The lowest BCUT2D eigenvalue weighted by atomic mass is 10.1. The number of aliphatic carboxylic acids is 1. The monoisotopic (exact) mass is 413 g/mol. The van der Waals surface area contributed by atoms with Crippen LogP contribution in [0.1, 0.15) is 32.1 Å². The van der Waals surface area contributed by atoms with Crippen molar-refractivity contribution in [3.8, 4) is 0 Å². The first kappa shape index (κ1) is 22.6. The molecule has 0 spiro atoms. The van der Waals surface area contributed by atoms with Crippen molar-refractivity contribution in [2.75, 3.05) is 19.7 Å². The zero-order valence-electron chi connectivity index (χ0n) is 16.0. The van der Waals surface area contributed by atoms with Crippen molar-refractivity contribution in [2.45, 2.75) is 56.3 Å². The summed E-state index contributed by atoms with van der Waals surface area (Å²) in [6.45, 7) is -0.191. The molecule has 12 nitrogen and oxygen atoms in total. The van der Waals surface area contributed by atoms with Crippen LogP contribution in [0.5, 0.6) is 0 Å². The summed E-state index contributed by atoms with van der Waals surface area (Å²) in [7, 11) is 0. The third kappa shape index (κ3) is 5.21. The SMILES string of the molecule is NC(=O)CC(N)C(=O)NC(CO)C(=O)N1CCCC1C(=O)N1CCCC1C(=O)O. The summed E-state index contributed by atoms with van der Waals surface area (Å²) in [6, 6.07) is -4.39. The summed E-state index contributed by atoms with van der Waals surface area (Å²) in [4.78, 5) is 62.5. The molecule has 162 valence electrons. The van der Waals surface area contributed by atoms with Gasteiger partial charge in [0, 0.05) is 13.1 Å². The molecule has 29 heavy (non-hydrogen) atoms. The summed E-state index contributed by atoms with van der Waals surface area (Å²) >= 11 is 0. The highest BCUT2D eigenvalue weighted by Gasteiger charge is 2.43. The van der Waals surface area contributed by atoms with Crippen LogP contribution in [-0.2, 0) is 24.0 Å². The van der Waals surface area contributed by atoms with Gasteiger partial charge in [-0.1, -0.05) is 0 Å². The lowest BCUT2D eigenvalue weighted by Gasteiger charge is -2.32. The molecule has 0 aliphatic carbocycles. The lowest BCUT2D eigenvalue weighted by molar-refractivity contribution is -0.152. The van der Waals surface area contributed by atoms with E-state index in [1.165, 1.54) is 9.80 Å². The molecule has 2 fully saturated rings. The number of nitrogens with two attached hydrogens (primary N) is 2. The number of hydrogen-bond donors (Lipinski definition) is 5. The number of carboxylic acid groups (broad SMARTS) is 1. The molecule has 0 aromatic rings. The Labute approximate surface area is 167 Å². The van der Waals surface area contributed by atoms with Gasteiger partial charge < -0.3 is 36.8 Å². The molecule has 0 saturated carbocycles. The number of carboxylic acids is 1. The first-order chi connectivity index (χ1) is 13.7. The third-order valence-corrected chi connectivity index (χ3v) is 5.20. The number of aliphatic hydroxyl groups excluding tert-OH is 1. The zero-order valence-corrected chi connectivity index (χ0v) is 16.0. The molecule has 2 heterocycles. The minimum atomic E-state index is -1.34. The Hall–Kier alpha value is -2.73. The molecule has 2 aliphatic heterocycles. The van der Waals surface area contributed by atoms with Gasteiger partial charge in [0.1, 0.15) is 18.1 Å². The van der Waals surface area contributed by atoms with Gasteiger partial charge >= 0.3 is 5.97 Å². The van der Waals surface area contributed by atoms with Gasteiger partial charge in [0.05, 0.1) is 19.1 Å². The molecular formula is C17H27N5O7. The van der Waals surface area contributed by atoms with Crippen LogP contribution in [0, 0.1) is 0 Å². The van der Waals surface area contributed by atoms with E-state index in [9.17, 15) is 34.2 Å². The fourth-order valence-corrected chi connectivity index (χ4v) is 3.74. The van der Waals surface area contributed by atoms with Gasteiger partial charge in [-0.05, 0) is 25.7 Å². The van der Waals surface area contributed by atoms with Crippen LogP contribution in [0.3, 0.4) is 0 Å². The maximum absolute atomic E-state index is 12.9. The highest BCUT2D eigenvalue weighted by atomic mass is 16.4. The maximum Gasteiger partial charge on any atom is 0.326 e. The van der Waals surface area contributed by atoms with Gasteiger partial charge in [0.2, 0.25) is 23.6 Å². The van der Waals surface area contributed by atoms with E-state index < -0.39 is 66.8 Å². The first-order valence-electron chi connectivity index (χ1n) is 9.46. The van der Waals surface area contributed by atoms with E-state index in [0.29, 0.717) is 32.2 Å². The standard InChI is InChI=1S/C17H27N5O7/c18-9(7-13(19)24)14(25)20-10(8-23)15(26)21-5-1-3-11(21)16(27)22-6-2-4-12(22)17(28)29/h9-12,23H,1-8,18H2,(H2,19,24)(H,20,25)(H,28,29). The molecular weight excluding hydrogens is 386 g/mol. The Bertz CT molecular complexity index is 685. The molecule has 2 rings (SSSR count). The summed E-state index contributed by atoms with van der Waals surface area (Å²) in [5, 5.41) is 21.1. The van der Waals surface area contributed by atoms with Crippen LogP contribution >= 0.6 is 0 Å². The van der Waals surface area contributed by atoms with Crippen LogP contribution in [0.25, 0.3) is 0 Å².